The van der Waals surface area contributed by atoms with Gasteiger partial charge in [0, 0.05) is 18.2 Å². The van der Waals surface area contributed by atoms with E-state index in [1.807, 2.05) is 0 Å². The van der Waals surface area contributed by atoms with E-state index in [-0.39, 0.29) is 30.3 Å². The van der Waals surface area contributed by atoms with Crippen LogP contribution in [0.15, 0.2) is 18.2 Å². The maximum Gasteiger partial charge on any atom is 0.419 e. The third-order valence-corrected chi connectivity index (χ3v) is 5.32. The summed E-state index contributed by atoms with van der Waals surface area (Å²) in [6.07, 6.45) is -2.93. The Morgan fingerprint density at radius 3 is 2.67 bits per heavy atom. The number of unbranched alkanes of at least 4 members (excludes halogenated alkanes) is 1. The second-order valence-corrected chi connectivity index (χ2v) is 7.45. The van der Waals surface area contributed by atoms with Crippen molar-refractivity contribution in [2.75, 3.05) is 13.1 Å². The van der Waals surface area contributed by atoms with Crippen LogP contribution in [-0.2, 0) is 15.8 Å². The second kappa shape index (κ2) is 8.58. The van der Waals surface area contributed by atoms with Gasteiger partial charge in [0.05, 0.1) is 5.56 Å². The molecular weight excluding hydrogens is 408 g/mol. The van der Waals surface area contributed by atoms with Gasteiger partial charge in [0.25, 0.3) is 5.91 Å². The van der Waals surface area contributed by atoms with Gasteiger partial charge in [0.1, 0.15) is 17.9 Å². The van der Waals surface area contributed by atoms with Crippen LogP contribution in [0.1, 0.15) is 41.6 Å². The minimum atomic E-state index is -4.93. The van der Waals surface area contributed by atoms with Gasteiger partial charge >= 0.3 is 6.18 Å². The molecule has 7 nitrogen and oxygen atoms in total. The van der Waals surface area contributed by atoms with Crippen LogP contribution >= 0.6 is 0 Å². The molecule has 2 aliphatic rings. The minimum absolute atomic E-state index is 0.0728. The average Bonchev–Trinajstić information content (AvgIpc) is 3.10. The maximum absolute atomic E-state index is 13.4. The lowest BCUT2D eigenvalue weighted by Crippen LogP contribution is -2.61. The summed E-state index contributed by atoms with van der Waals surface area (Å²) in [6.45, 7) is 0.554. The smallest absolute Gasteiger partial charge is 0.347 e. The predicted molar refractivity (Wildman–Crippen MR) is 97.6 cm³/mol. The quantitative estimate of drug-likeness (QED) is 0.466. The molecule has 0 aliphatic carbocycles. The van der Waals surface area contributed by atoms with E-state index in [2.05, 4.69) is 10.6 Å². The van der Waals surface area contributed by atoms with Gasteiger partial charge in [-0.25, -0.2) is 4.39 Å². The molecule has 11 heteroatoms. The molecule has 0 bridgehead atoms. The predicted octanol–water partition coefficient (Wildman–Crippen LogP) is 1.17. The summed E-state index contributed by atoms with van der Waals surface area (Å²) in [6, 6.07) is -0.0298. The fraction of sp³-hybridized carbons (Fsp3) is 0.526. The number of carbonyl (C=O) groups is 3. The lowest BCUT2D eigenvalue weighted by atomic mass is 10.0. The van der Waals surface area contributed by atoms with Crippen LogP contribution in [0, 0.1) is 5.82 Å². The number of carbonyl (C=O) groups excluding carboxylic acids is 3. The van der Waals surface area contributed by atoms with Gasteiger partial charge in [-0.1, -0.05) is 0 Å². The van der Waals surface area contributed by atoms with E-state index in [0.717, 1.165) is 12.5 Å². The molecule has 2 aliphatic heterocycles. The molecule has 4 N–H and O–H groups in total. The van der Waals surface area contributed by atoms with Crippen LogP contribution in [0.5, 0.6) is 0 Å². The van der Waals surface area contributed by atoms with E-state index in [0.29, 0.717) is 31.5 Å². The van der Waals surface area contributed by atoms with E-state index >= 15 is 0 Å². The van der Waals surface area contributed by atoms with Gasteiger partial charge in [-0.2, -0.15) is 13.2 Å². The number of nitrogens with one attached hydrogen (secondary N) is 2. The lowest BCUT2D eigenvalue weighted by molar-refractivity contribution is -0.147. The number of alkyl halides is 3. The molecule has 30 heavy (non-hydrogen) atoms. The first-order valence-corrected chi connectivity index (χ1v) is 9.60. The Labute approximate surface area is 170 Å². The second-order valence-electron chi connectivity index (χ2n) is 7.45. The molecule has 0 spiro atoms. The highest BCUT2D eigenvalue weighted by Gasteiger charge is 2.46. The number of benzene rings is 1. The first-order valence-electron chi connectivity index (χ1n) is 9.60. The highest BCUT2D eigenvalue weighted by molar-refractivity contribution is 5.98. The number of halogens is 4. The van der Waals surface area contributed by atoms with Crippen molar-refractivity contribution in [1.29, 1.82) is 0 Å². The van der Waals surface area contributed by atoms with E-state index < -0.39 is 41.6 Å². The fourth-order valence-corrected chi connectivity index (χ4v) is 3.80. The summed E-state index contributed by atoms with van der Waals surface area (Å²) in [5.74, 6) is -2.89. The zero-order valence-corrected chi connectivity index (χ0v) is 16.0. The van der Waals surface area contributed by atoms with Crippen LogP contribution < -0.4 is 16.4 Å². The number of nitrogens with zero attached hydrogens (tertiary/aromatic N) is 1. The highest BCUT2D eigenvalue weighted by Crippen LogP contribution is 2.32. The van der Waals surface area contributed by atoms with Crippen LogP contribution in [0.2, 0.25) is 0 Å². The number of nitrogens with two attached hydrogens (primary N) is 1. The molecule has 3 atom stereocenters. The molecule has 2 saturated heterocycles. The molecule has 1 aromatic carbocycles. The Hall–Kier alpha value is -2.69. The number of hydrogen-bond acceptors (Lipinski definition) is 4. The van der Waals surface area contributed by atoms with Crippen molar-refractivity contribution in [1.82, 2.24) is 15.5 Å². The Kier molecular flexibility index (Phi) is 6.30. The zero-order valence-electron chi connectivity index (χ0n) is 16.0. The molecule has 1 aromatic rings. The summed E-state index contributed by atoms with van der Waals surface area (Å²) >= 11 is 0. The van der Waals surface area contributed by atoms with Crippen molar-refractivity contribution in [3.05, 3.63) is 35.1 Å². The summed E-state index contributed by atoms with van der Waals surface area (Å²) in [7, 11) is 0. The molecule has 3 amide bonds. The Balaban J connectivity index is 1.66. The Morgan fingerprint density at radius 2 is 2.00 bits per heavy atom. The van der Waals surface area contributed by atoms with Gasteiger partial charge in [0.2, 0.25) is 11.8 Å². The average molecular weight is 430 g/mol. The maximum atomic E-state index is 13.4. The summed E-state index contributed by atoms with van der Waals surface area (Å²) in [5, 5.41) is 5.22. The van der Waals surface area contributed by atoms with Crippen LogP contribution in [-0.4, -0.2) is 53.8 Å². The van der Waals surface area contributed by atoms with Crippen LogP contribution in [0.4, 0.5) is 17.6 Å². The topological polar surface area (TPSA) is 105 Å². The molecule has 0 aromatic heterocycles. The molecule has 0 saturated carbocycles. The number of fused-ring (bicyclic) bond motifs is 1. The van der Waals surface area contributed by atoms with Crippen molar-refractivity contribution in [3.63, 3.8) is 0 Å². The molecular formula is C19H22F4N4O3. The molecule has 3 rings (SSSR count). The standard InChI is InChI=1S/C19H22F4N4O3/c20-13-5-4-10(7-12(13)19(21,22)23)16(28)25-11-8-15-17(29)26-14(3-1-2-6-24)18(30)27(15)9-11/h4-5,7,11,14-15H,1-3,6,8-9,24H2,(H,25,28)(H,26,29)/t11-,14-,15-/m0/s1. The number of amides is 3. The third kappa shape index (κ3) is 4.55. The van der Waals surface area contributed by atoms with Gasteiger partial charge < -0.3 is 21.3 Å². The Morgan fingerprint density at radius 1 is 1.27 bits per heavy atom. The van der Waals surface area contributed by atoms with Gasteiger partial charge in [-0.3, -0.25) is 14.4 Å². The number of rotatable bonds is 6. The Bertz CT molecular complexity index is 846. The minimum Gasteiger partial charge on any atom is -0.347 e. The van der Waals surface area contributed by atoms with Crippen LogP contribution in [0.3, 0.4) is 0 Å². The van der Waals surface area contributed by atoms with Crippen molar-refractivity contribution in [2.45, 2.75) is 50.0 Å². The molecule has 2 fully saturated rings. The molecule has 164 valence electrons. The van der Waals surface area contributed by atoms with E-state index in [4.69, 9.17) is 5.73 Å². The normalized spacial score (nSPS) is 23.9. The van der Waals surface area contributed by atoms with E-state index in [1.54, 1.807) is 0 Å². The molecule has 0 radical (unpaired) electrons. The summed E-state index contributed by atoms with van der Waals surface area (Å²) < 4.78 is 52.0. The summed E-state index contributed by atoms with van der Waals surface area (Å²) in [5.41, 5.74) is 3.55. The van der Waals surface area contributed by atoms with Crippen molar-refractivity contribution < 1.29 is 31.9 Å². The van der Waals surface area contributed by atoms with Crippen LogP contribution in [0.25, 0.3) is 0 Å². The van der Waals surface area contributed by atoms with Crippen molar-refractivity contribution >= 4 is 17.7 Å². The van der Waals surface area contributed by atoms with Crippen molar-refractivity contribution in [2.24, 2.45) is 5.73 Å². The first-order chi connectivity index (χ1) is 14.1. The number of hydrogen-bond donors (Lipinski definition) is 3. The summed E-state index contributed by atoms with van der Waals surface area (Å²) in [4.78, 5) is 38.8. The van der Waals surface area contributed by atoms with Gasteiger partial charge in [0.15, 0.2) is 0 Å². The third-order valence-electron chi connectivity index (χ3n) is 5.32. The largest absolute Gasteiger partial charge is 0.419 e. The van der Waals surface area contributed by atoms with Gasteiger partial charge in [-0.15, -0.1) is 0 Å². The first kappa shape index (κ1) is 22.0. The monoisotopic (exact) mass is 430 g/mol. The van der Waals surface area contributed by atoms with Gasteiger partial charge in [-0.05, 0) is 50.4 Å². The van der Waals surface area contributed by atoms with Crippen molar-refractivity contribution in [3.8, 4) is 0 Å². The van der Waals surface area contributed by atoms with E-state index in [9.17, 15) is 31.9 Å². The molecule has 0 unspecified atom stereocenters. The molecule has 2 heterocycles. The lowest BCUT2D eigenvalue weighted by Gasteiger charge is -2.34. The highest BCUT2D eigenvalue weighted by atomic mass is 19.4. The fourth-order valence-electron chi connectivity index (χ4n) is 3.80. The van der Waals surface area contributed by atoms with E-state index in [1.165, 1.54) is 4.90 Å². The number of piperazine rings is 1. The SMILES string of the molecule is NCCCC[C@@H]1NC(=O)[C@@H]2C[C@H](NC(=O)c3ccc(F)c(C(F)(F)F)c3)CN2C1=O. The zero-order chi connectivity index (χ0) is 22.1.